The Morgan fingerprint density at radius 3 is 2.33 bits per heavy atom. The van der Waals surface area contributed by atoms with Crippen LogP contribution >= 0.6 is 0 Å². The Labute approximate surface area is 123 Å². The summed E-state index contributed by atoms with van der Waals surface area (Å²) in [6, 6.07) is -0.735. The van der Waals surface area contributed by atoms with Crippen LogP contribution < -0.4 is 11.1 Å². The molecule has 21 heavy (non-hydrogen) atoms. The average Bonchev–Trinajstić information content (AvgIpc) is 2.40. The number of carboxylic acids is 1. The molecule has 0 aliphatic heterocycles. The summed E-state index contributed by atoms with van der Waals surface area (Å²) in [4.78, 5) is 32.8. The minimum Gasteiger partial charge on any atom is -0.479 e. The molecule has 0 fully saturated rings. The van der Waals surface area contributed by atoms with Gasteiger partial charge in [0.1, 0.15) is 6.29 Å². The highest BCUT2D eigenvalue weighted by Crippen LogP contribution is 2.21. The van der Waals surface area contributed by atoms with E-state index in [1.165, 1.54) is 0 Å². The molecule has 0 heterocycles. The first-order valence-corrected chi connectivity index (χ1v) is 6.68. The predicted molar refractivity (Wildman–Crippen MR) is 74.3 cm³/mol. The van der Waals surface area contributed by atoms with Crippen LogP contribution in [0.4, 0.5) is 0 Å². The molecule has 0 aromatic carbocycles. The summed E-state index contributed by atoms with van der Waals surface area (Å²) in [7, 11) is 0. The first kappa shape index (κ1) is 19.5. The minimum absolute atomic E-state index is 0.0437. The van der Waals surface area contributed by atoms with Crippen molar-refractivity contribution < 1.29 is 29.7 Å². The van der Waals surface area contributed by atoms with Crippen molar-refractivity contribution in [1.82, 2.24) is 5.32 Å². The van der Waals surface area contributed by atoms with Crippen LogP contribution in [0.5, 0.6) is 0 Å². The van der Waals surface area contributed by atoms with Gasteiger partial charge >= 0.3 is 5.97 Å². The summed E-state index contributed by atoms with van der Waals surface area (Å²) in [5.41, 5.74) is 4.62. The molecule has 0 spiro atoms. The molecule has 1 amide bonds. The second-order valence-corrected chi connectivity index (χ2v) is 5.68. The van der Waals surface area contributed by atoms with Crippen molar-refractivity contribution >= 4 is 18.2 Å². The van der Waals surface area contributed by atoms with Gasteiger partial charge in [0.25, 0.3) is 0 Å². The number of nitrogens with two attached hydrogens (primary N) is 1. The lowest BCUT2D eigenvalue weighted by atomic mass is 9.85. The van der Waals surface area contributed by atoms with E-state index in [4.69, 9.17) is 15.9 Å². The van der Waals surface area contributed by atoms with Gasteiger partial charge in [0.15, 0.2) is 6.10 Å². The Bertz CT molecular complexity index is 372. The van der Waals surface area contributed by atoms with Crippen molar-refractivity contribution in [3.05, 3.63) is 0 Å². The Morgan fingerprint density at radius 2 is 1.86 bits per heavy atom. The van der Waals surface area contributed by atoms with Gasteiger partial charge in [0.05, 0.1) is 12.1 Å². The number of carbonyl (C=O) groups excluding carboxylic acids is 2. The molecular weight excluding hydrogens is 280 g/mol. The molecule has 8 heteroatoms. The van der Waals surface area contributed by atoms with E-state index in [2.05, 4.69) is 5.32 Å². The molecule has 0 bridgehead atoms. The van der Waals surface area contributed by atoms with Gasteiger partial charge in [-0.15, -0.1) is 0 Å². The average molecular weight is 304 g/mol. The Hall–Kier alpha value is -1.51. The quantitative estimate of drug-likeness (QED) is 0.312. The lowest BCUT2D eigenvalue weighted by molar-refractivity contribution is -0.147. The van der Waals surface area contributed by atoms with E-state index in [0.29, 0.717) is 6.29 Å². The summed E-state index contributed by atoms with van der Waals surface area (Å²) < 4.78 is 0. The molecule has 3 atom stereocenters. The van der Waals surface area contributed by atoms with Crippen LogP contribution in [0.2, 0.25) is 0 Å². The van der Waals surface area contributed by atoms with Crippen LogP contribution in [0, 0.1) is 5.41 Å². The summed E-state index contributed by atoms with van der Waals surface area (Å²) in [5, 5.41) is 29.7. The fraction of sp³-hybridized carbons (Fsp3) is 0.769. The zero-order valence-electron chi connectivity index (χ0n) is 12.3. The minimum atomic E-state index is -1.53. The lowest BCUT2D eigenvalue weighted by Crippen LogP contribution is -2.43. The van der Waals surface area contributed by atoms with Crippen LogP contribution in [0.1, 0.15) is 33.1 Å². The Balaban J connectivity index is 4.17. The van der Waals surface area contributed by atoms with Gasteiger partial charge in [0.2, 0.25) is 5.91 Å². The first-order chi connectivity index (χ1) is 9.60. The van der Waals surface area contributed by atoms with Crippen molar-refractivity contribution in [2.75, 3.05) is 6.54 Å². The zero-order valence-corrected chi connectivity index (χ0v) is 12.3. The fourth-order valence-corrected chi connectivity index (χ4v) is 1.76. The number of carbonyl (C=O) groups is 3. The second kappa shape index (κ2) is 8.71. The molecule has 122 valence electrons. The van der Waals surface area contributed by atoms with Gasteiger partial charge in [-0.05, 0) is 19.3 Å². The van der Waals surface area contributed by atoms with Gasteiger partial charge in [-0.25, -0.2) is 4.79 Å². The highest BCUT2D eigenvalue weighted by molar-refractivity contribution is 5.82. The largest absolute Gasteiger partial charge is 0.479 e. The number of aliphatic hydroxyl groups excluding tert-OH is 2. The van der Waals surface area contributed by atoms with Crippen molar-refractivity contribution in [3.63, 3.8) is 0 Å². The van der Waals surface area contributed by atoms with Gasteiger partial charge in [-0.3, -0.25) is 4.79 Å². The van der Waals surface area contributed by atoms with Crippen molar-refractivity contribution in [2.45, 2.75) is 51.4 Å². The summed E-state index contributed by atoms with van der Waals surface area (Å²) in [6.45, 7) is 3.20. The van der Waals surface area contributed by atoms with Crippen molar-refractivity contribution in [2.24, 2.45) is 11.1 Å². The number of hydrogen-bond donors (Lipinski definition) is 5. The van der Waals surface area contributed by atoms with E-state index in [1.807, 2.05) is 0 Å². The van der Waals surface area contributed by atoms with E-state index in [1.54, 1.807) is 13.8 Å². The molecule has 0 saturated heterocycles. The van der Waals surface area contributed by atoms with Crippen LogP contribution in [0.25, 0.3) is 0 Å². The van der Waals surface area contributed by atoms with E-state index >= 15 is 0 Å². The number of carboxylic acid groups (broad SMARTS) is 1. The third kappa shape index (κ3) is 7.74. The van der Waals surface area contributed by atoms with Crippen molar-refractivity contribution in [3.8, 4) is 0 Å². The maximum absolute atomic E-state index is 11.9. The molecule has 8 nitrogen and oxygen atoms in total. The Kier molecular flexibility index (Phi) is 8.08. The summed E-state index contributed by atoms with van der Waals surface area (Å²) in [5.74, 6) is -1.71. The summed E-state index contributed by atoms with van der Waals surface area (Å²) in [6.07, 6.45) is -1.81. The van der Waals surface area contributed by atoms with Gasteiger partial charge in [-0.1, -0.05) is 13.8 Å². The molecule has 0 aliphatic rings. The van der Waals surface area contributed by atoms with Gasteiger partial charge in [-0.2, -0.15) is 0 Å². The molecule has 6 N–H and O–H groups in total. The molecule has 0 radical (unpaired) electrons. The highest BCUT2D eigenvalue weighted by Gasteiger charge is 2.30. The topological polar surface area (TPSA) is 150 Å². The number of amides is 1. The molecule has 0 saturated carbocycles. The van der Waals surface area contributed by atoms with Crippen molar-refractivity contribution in [1.29, 1.82) is 0 Å². The van der Waals surface area contributed by atoms with E-state index < -0.39 is 29.6 Å². The fourth-order valence-electron chi connectivity index (χ4n) is 1.76. The monoisotopic (exact) mass is 304 g/mol. The first-order valence-electron chi connectivity index (χ1n) is 6.68. The third-order valence-corrected chi connectivity index (χ3v) is 3.09. The second-order valence-electron chi connectivity index (χ2n) is 5.68. The number of aliphatic hydroxyl groups is 2. The van der Waals surface area contributed by atoms with E-state index in [0.717, 1.165) is 0 Å². The third-order valence-electron chi connectivity index (χ3n) is 3.09. The smallest absolute Gasteiger partial charge is 0.332 e. The number of rotatable bonds is 10. The molecule has 0 aliphatic carbocycles. The van der Waals surface area contributed by atoms with Crippen LogP contribution in [0.15, 0.2) is 0 Å². The summed E-state index contributed by atoms with van der Waals surface area (Å²) >= 11 is 0. The van der Waals surface area contributed by atoms with Gasteiger partial charge < -0.3 is 31.2 Å². The molecular formula is C13H24N2O6. The number of nitrogens with one attached hydrogen (secondary N) is 1. The zero-order chi connectivity index (χ0) is 16.6. The number of aldehydes is 1. The Morgan fingerprint density at radius 1 is 1.29 bits per heavy atom. The van der Waals surface area contributed by atoms with Gasteiger partial charge in [0, 0.05) is 12.0 Å². The highest BCUT2D eigenvalue weighted by atomic mass is 16.4. The lowest BCUT2D eigenvalue weighted by Gasteiger charge is -2.25. The van der Waals surface area contributed by atoms with E-state index in [-0.39, 0.29) is 31.7 Å². The van der Waals surface area contributed by atoms with E-state index in [9.17, 15) is 19.5 Å². The standard InChI is InChI=1S/C13H24N2O6/c1-13(2,5-8(14)7-16)12(21)15-6-9(17)3-4-10(18)11(19)20/h7-10,17-18H,3-6,14H2,1-2H3,(H,15,21)(H,19,20). The normalized spacial score (nSPS) is 15.9. The van der Waals surface area contributed by atoms with Crippen LogP contribution in [-0.4, -0.2) is 58.3 Å². The predicted octanol–water partition coefficient (Wildman–Crippen LogP) is -1.37. The molecule has 3 unspecified atom stereocenters. The maximum atomic E-state index is 11.9. The number of hydrogen-bond acceptors (Lipinski definition) is 6. The van der Waals surface area contributed by atoms with Crippen LogP contribution in [-0.2, 0) is 14.4 Å². The van der Waals surface area contributed by atoms with Crippen LogP contribution in [0.3, 0.4) is 0 Å². The molecule has 0 rings (SSSR count). The number of aliphatic carboxylic acids is 1. The molecule has 0 aromatic rings. The SMILES string of the molecule is CC(C)(CC(N)C=O)C(=O)NCC(O)CCC(O)C(=O)O. The molecule has 0 aromatic heterocycles. The maximum Gasteiger partial charge on any atom is 0.332 e.